The van der Waals surface area contributed by atoms with Gasteiger partial charge in [-0.25, -0.2) is 0 Å². The van der Waals surface area contributed by atoms with E-state index in [0.29, 0.717) is 12.8 Å². The number of nitrogens with one attached hydrogen (secondary N) is 1. The van der Waals surface area contributed by atoms with Gasteiger partial charge in [0.05, 0.1) is 38.6 Å². The van der Waals surface area contributed by atoms with E-state index in [-0.39, 0.29) is 18.9 Å². The molecule has 12 N–H and O–H groups in total. The van der Waals surface area contributed by atoms with Crippen LogP contribution in [0, 0.1) is 0 Å². The fraction of sp³-hybridized carbons (Fsp3) is 0.761. The molecule has 3 aliphatic rings. The van der Waals surface area contributed by atoms with E-state index in [1.165, 1.54) is 161 Å². The van der Waals surface area contributed by atoms with E-state index < -0.39 is 124 Å². The van der Waals surface area contributed by atoms with Crippen molar-refractivity contribution in [2.45, 2.75) is 401 Å². The summed E-state index contributed by atoms with van der Waals surface area (Å²) in [6, 6.07) is -1.01. The number of aliphatic hydroxyl groups excluding tert-OH is 11. The predicted molar refractivity (Wildman–Crippen MR) is 429 cm³/mol. The van der Waals surface area contributed by atoms with Gasteiger partial charge in [-0.05, 0) is 103 Å². The zero-order valence-corrected chi connectivity index (χ0v) is 66.1. The zero-order valence-electron chi connectivity index (χ0n) is 66.1. The third-order valence-corrected chi connectivity index (χ3v) is 20.2. The lowest BCUT2D eigenvalue weighted by Crippen LogP contribution is -2.66. The smallest absolute Gasteiger partial charge is 0.220 e. The van der Waals surface area contributed by atoms with Gasteiger partial charge in [-0.3, -0.25) is 4.79 Å². The maximum Gasteiger partial charge on any atom is 0.220 e. The van der Waals surface area contributed by atoms with Crippen molar-refractivity contribution in [3.05, 3.63) is 122 Å². The first kappa shape index (κ1) is 97.4. The van der Waals surface area contributed by atoms with Gasteiger partial charge in [0, 0.05) is 6.42 Å². The normalized spacial score (nSPS) is 26.2. The van der Waals surface area contributed by atoms with Gasteiger partial charge in [0.25, 0.3) is 0 Å². The molecule has 19 heteroatoms. The van der Waals surface area contributed by atoms with Crippen molar-refractivity contribution in [1.82, 2.24) is 5.32 Å². The molecule has 0 saturated carbocycles. The van der Waals surface area contributed by atoms with E-state index in [1.807, 2.05) is 6.08 Å². The lowest BCUT2D eigenvalue weighted by Gasteiger charge is -2.48. The molecule has 3 fully saturated rings. The van der Waals surface area contributed by atoms with Crippen LogP contribution in [0.5, 0.6) is 0 Å². The van der Waals surface area contributed by atoms with Gasteiger partial charge in [-0.1, -0.05) is 309 Å². The van der Waals surface area contributed by atoms with Crippen molar-refractivity contribution in [3.8, 4) is 0 Å². The summed E-state index contributed by atoms with van der Waals surface area (Å²) < 4.78 is 34.5. The van der Waals surface area contributed by atoms with E-state index in [2.05, 4.69) is 129 Å². The predicted octanol–water partition coefficient (Wildman–Crippen LogP) is 15.1. The Balaban J connectivity index is 1.37. The molecule has 1 amide bonds. The monoisotopic (exact) mass is 1510 g/mol. The number of allylic oxidation sites excluding steroid dienone is 19. The van der Waals surface area contributed by atoms with Crippen molar-refractivity contribution in [1.29, 1.82) is 0 Å². The van der Waals surface area contributed by atoms with Crippen LogP contribution >= 0.6 is 0 Å². The number of hydrogen-bond acceptors (Lipinski definition) is 18. The first-order valence-electron chi connectivity index (χ1n) is 42.3. The van der Waals surface area contributed by atoms with E-state index in [4.69, 9.17) is 28.4 Å². The third kappa shape index (κ3) is 46.1. The van der Waals surface area contributed by atoms with Gasteiger partial charge in [-0.15, -0.1) is 0 Å². The maximum absolute atomic E-state index is 13.5. The minimum Gasteiger partial charge on any atom is -0.394 e. The highest BCUT2D eigenvalue weighted by molar-refractivity contribution is 5.76. The topological polar surface area (TPSA) is 307 Å². The second kappa shape index (κ2) is 66.8. The van der Waals surface area contributed by atoms with Crippen molar-refractivity contribution >= 4 is 5.91 Å². The summed E-state index contributed by atoms with van der Waals surface area (Å²) in [4.78, 5) is 13.5. The average molecular weight is 1510 g/mol. The summed E-state index contributed by atoms with van der Waals surface area (Å²) in [6.45, 7) is 1.62. The molecule has 19 nitrogen and oxygen atoms in total. The number of hydrogen-bond donors (Lipinski definition) is 12. The first-order chi connectivity index (χ1) is 52.3. The van der Waals surface area contributed by atoms with Crippen LogP contribution in [0.3, 0.4) is 0 Å². The first-order valence-corrected chi connectivity index (χ1v) is 42.3. The van der Waals surface area contributed by atoms with Crippen LogP contribution in [0.25, 0.3) is 0 Å². The number of unbranched alkanes of at least 4 members (excludes halogenated alkanes) is 32. The van der Waals surface area contributed by atoms with Crippen LogP contribution < -0.4 is 5.32 Å². The molecule has 3 heterocycles. The number of carbonyl (C=O) groups excluding carboxylic acids is 1. The fourth-order valence-electron chi connectivity index (χ4n) is 13.5. The second-order valence-electron chi connectivity index (χ2n) is 29.5. The molecule has 0 aromatic rings. The molecular formula is C88H151NO18. The quantitative estimate of drug-likeness (QED) is 0.0199. The number of amides is 1. The van der Waals surface area contributed by atoms with Crippen molar-refractivity contribution < 1.29 is 89.4 Å². The van der Waals surface area contributed by atoms with Crippen LogP contribution in [0.2, 0.25) is 0 Å². The van der Waals surface area contributed by atoms with Crippen molar-refractivity contribution in [3.63, 3.8) is 0 Å². The van der Waals surface area contributed by atoms with Gasteiger partial charge in [0.1, 0.15) is 73.2 Å². The molecule has 0 aliphatic carbocycles. The number of rotatable bonds is 66. The summed E-state index contributed by atoms with van der Waals surface area (Å²) in [5, 5.41) is 121. The molecule has 0 aromatic carbocycles. The number of ether oxygens (including phenoxy) is 6. The zero-order chi connectivity index (χ0) is 77.4. The molecule has 0 spiro atoms. The van der Waals surface area contributed by atoms with Crippen molar-refractivity contribution in [2.24, 2.45) is 0 Å². The molecule has 3 rings (SSSR count). The Labute approximate surface area is 646 Å². The van der Waals surface area contributed by atoms with E-state index in [9.17, 15) is 61.0 Å². The van der Waals surface area contributed by atoms with E-state index in [1.54, 1.807) is 6.08 Å². The van der Waals surface area contributed by atoms with Crippen LogP contribution in [0.15, 0.2) is 122 Å². The van der Waals surface area contributed by atoms with Gasteiger partial charge in [0.2, 0.25) is 5.91 Å². The molecule has 17 atom stereocenters. The Kier molecular flexibility index (Phi) is 60.8. The molecule has 0 aromatic heterocycles. The molecule has 0 radical (unpaired) electrons. The van der Waals surface area contributed by atoms with Gasteiger partial charge < -0.3 is 89.9 Å². The Morgan fingerprint density at radius 2 is 0.654 bits per heavy atom. The number of carbonyl (C=O) groups is 1. The molecule has 3 aliphatic heterocycles. The molecule has 0 bridgehead atoms. The minimum absolute atomic E-state index is 0.224. The van der Waals surface area contributed by atoms with E-state index in [0.717, 1.165) is 103 Å². The molecule has 17 unspecified atom stereocenters. The Morgan fingerprint density at radius 3 is 1.05 bits per heavy atom. The number of aliphatic hydroxyl groups is 11. The fourth-order valence-corrected chi connectivity index (χ4v) is 13.5. The van der Waals surface area contributed by atoms with Gasteiger partial charge in [-0.2, -0.15) is 0 Å². The van der Waals surface area contributed by atoms with Gasteiger partial charge in [0.15, 0.2) is 18.9 Å². The highest BCUT2D eigenvalue weighted by atomic mass is 16.8. The lowest BCUT2D eigenvalue weighted by molar-refractivity contribution is -0.379. The van der Waals surface area contributed by atoms with E-state index >= 15 is 0 Å². The second-order valence-corrected chi connectivity index (χ2v) is 29.5. The highest BCUT2D eigenvalue weighted by Crippen LogP contribution is 2.33. The van der Waals surface area contributed by atoms with Crippen molar-refractivity contribution in [2.75, 3.05) is 26.4 Å². The molecule has 3 saturated heterocycles. The highest BCUT2D eigenvalue weighted by Gasteiger charge is 2.54. The molecule has 107 heavy (non-hydrogen) atoms. The summed E-state index contributed by atoms with van der Waals surface area (Å²) in [6.07, 6.45) is 67.6. The molecular weight excluding hydrogens is 1360 g/mol. The summed E-state index contributed by atoms with van der Waals surface area (Å²) in [7, 11) is 0. The van der Waals surface area contributed by atoms with Gasteiger partial charge >= 0.3 is 0 Å². The van der Waals surface area contributed by atoms with Crippen LogP contribution in [-0.4, -0.2) is 193 Å². The average Bonchev–Trinajstić information content (AvgIpc) is 0.781. The summed E-state index contributed by atoms with van der Waals surface area (Å²) >= 11 is 0. The van der Waals surface area contributed by atoms with Crippen LogP contribution in [0.4, 0.5) is 0 Å². The third-order valence-electron chi connectivity index (χ3n) is 20.2. The largest absolute Gasteiger partial charge is 0.394 e. The Hall–Kier alpha value is -3.81. The Bertz CT molecular complexity index is 2410. The van der Waals surface area contributed by atoms with Crippen LogP contribution in [-0.2, 0) is 33.2 Å². The molecule has 616 valence electrons. The summed E-state index contributed by atoms with van der Waals surface area (Å²) in [5.74, 6) is -0.293. The maximum atomic E-state index is 13.5. The standard InChI is InChI=1S/C88H151NO18/c1-3-5-7-9-11-13-15-17-19-21-23-25-27-29-31-32-33-34-35-36-37-38-40-42-44-46-48-50-52-54-56-58-60-62-64-66-76(94)89-71(72(93)65-63-61-59-57-55-53-51-49-47-45-43-41-39-30-28-26-24-22-20-18-16-14-12-10-8-6-4-2)70-102-86-82(100)79(97)84(74(68-91)104-86)107-88-83(101)80(98)85(75(69-92)105-88)106-87-81(99)78(96)77(95)73(67-90)103-87/h5,7,11,13,17,19,23,25,29,31,33-34,36-37,47,49,55,57,63,65,71-75,77-88,90-93,95-101H,3-4,6,8-10,12,14-16,18,20-22,24,26-28,30,32,35,38-46,48,50-54,56,58-62,64,66-70H2,1-2H3,(H,89,94)/b7-5-,13-11-,19-17-,25-23-,31-29-,34-33-,37-36-,49-47+,57-55+,65-63+. The SMILES string of the molecule is CC/C=C\C/C=C\C/C=C\C/C=C\C/C=C\C/C=C\C/C=C\CCCCCCCCCCCCCCCC(=O)NC(COC1OC(CO)C(OC2OC(CO)C(OC3OC(CO)C(O)C(O)C3O)C(O)C2O)C(O)C1O)C(O)/C=C/CC/C=C/CC/C=C/CCCCCCCCCCCCCCCCCCC. The Morgan fingerprint density at radius 1 is 0.346 bits per heavy atom. The summed E-state index contributed by atoms with van der Waals surface area (Å²) in [5.41, 5.74) is 0. The minimum atomic E-state index is -1.99. The lowest BCUT2D eigenvalue weighted by atomic mass is 9.96. The van der Waals surface area contributed by atoms with Crippen LogP contribution in [0.1, 0.15) is 296 Å².